The Morgan fingerprint density at radius 3 is 2.08 bits per heavy atom. The normalized spacial score (nSPS) is 17.9. The minimum Gasteiger partial charge on any atom is -0.508 e. The van der Waals surface area contributed by atoms with Crippen molar-refractivity contribution >= 4 is 11.6 Å². The zero-order valence-corrected chi connectivity index (χ0v) is 19.7. The van der Waals surface area contributed by atoms with E-state index in [-0.39, 0.29) is 18.1 Å². The molecular formula is C30H24F3NO3. The summed E-state index contributed by atoms with van der Waals surface area (Å²) in [6.45, 7) is 0. The molecule has 4 aromatic rings. The van der Waals surface area contributed by atoms with Gasteiger partial charge < -0.3 is 15.1 Å². The Bertz CT molecular complexity index is 1420. The first-order valence-corrected chi connectivity index (χ1v) is 11.9. The maximum atomic E-state index is 13.7. The Kier molecular flexibility index (Phi) is 6.72. The average Bonchev–Trinajstić information content (AvgIpc) is 2.89. The van der Waals surface area contributed by atoms with Crippen molar-refractivity contribution in [2.24, 2.45) is 5.92 Å². The third kappa shape index (κ3) is 4.95. The number of anilines is 1. The van der Waals surface area contributed by atoms with Crippen molar-refractivity contribution in [3.63, 3.8) is 0 Å². The maximum Gasteiger partial charge on any atom is 0.233 e. The molecular weight excluding hydrogens is 479 g/mol. The minimum absolute atomic E-state index is 0.0598. The molecule has 188 valence electrons. The fraction of sp³-hybridized carbons (Fsp3) is 0.167. The zero-order chi connectivity index (χ0) is 26.1. The molecule has 4 nitrogen and oxygen atoms in total. The van der Waals surface area contributed by atoms with Crippen molar-refractivity contribution < 1.29 is 28.2 Å². The van der Waals surface area contributed by atoms with Gasteiger partial charge in [-0.15, -0.1) is 0 Å². The van der Waals surface area contributed by atoms with Crippen molar-refractivity contribution in [1.29, 1.82) is 0 Å². The van der Waals surface area contributed by atoms with E-state index in [1.54, 1.807) is 24.3 Å². The van der Waals surface area contributed by atoms with Gasteiger partial charge >= 0.3 is 0 Å². The van der Waals surface area contributed by atoms with Crippen molar-refractivity contribution in [2.75, 3.05) is 4.90 Å². The molecule has 0 saturated carbocycles. The molecule has 0 bridgehead atoms. The first-order valence-electron chi connectivity index (χ1n) is 11.9. The van der Waals surface area contributed by atoms with Crippen LogP contribution in [0.2, 0.25) is 0 Å². The van der Waals surface area contributed by atoms with Crippen LogP contribution in [0.3, 0.4) is 0 Å². The van der Waals surface area contributed by atoms with E-state index in [0.29, 0.717) is 34.4 Å². The predicted octanol–water partition coefficient (Wildman–Crippen LogP) is 6.69. The summed E-state index contributed by atoms with van der Waals surface area (Å²) in [5.74, 6) is -2.06. The summed E-state index contributed by atoms with van der Waals surface area (Å²) in [4.78, 5) is 14.7. The second-order valence-electron chi connectivity index (χ2n) is 9.16. The lowest BCUT2D eigenvalue weighted by Crippen LogP contribution is -2.55. The number of halogens is 3. The number of aromatic hydroxyl groups is 1. The molecule has 2 N–H and O–H groups in total. The van der Waals surface area contributed by atoms with Gasteiger partial charge in [-0.2, -0.15) is 0 Å². The van der Waals surface area contributed by atoms with Gasteiger partial charge in [0, 0.05) is 11.3 Å². The highest BCUT2D eigenvalue weighted by atomic mass is 19.1. The minimum atomic E-state index is -0.891. The number of aliphatic hydroxyl groups is 1. The lowest BCUT2D eigenvalue weighted by molar-refractivity contribution is -0.131. The third-order valence-corrected chi connectivity index (χ3v) is 6.83. The summed E-state index contributed by atoms with van der Waals surface area (Å²) in [5.41, 5.74) is 2.73. The highest BCUT2D eigenvalue weighted by molar-refractivity contribution is 6.03. The molecule has 1 aliphatic rings. The quantitative estimate of drug-likeness (QED) is 0.276. The van der Waals surface area contributed by atoms with Crippen LogP contribution in [-0.2, 0) is 4.79 Å². The second-order valence-corrected chi connectivity index (χ2v) is 9.16. The summed E-state index contributed by atoms with van der Waals surface area (Å²) in [6, 6.07) is 21.5. The Labute approximate surface area is 212 Å². The van der Waals surface area contributed by atoms with Gasteiger partial charge in [0.25, 0.3) is 0 Å². The van der Waals surface area contributed by atoms with Crippen molar-refractivity contribution in [3.05, 3.63) is 120 Å². The van der Waals surface area contributed by atoms with E-state index in [1.807, 2.05) is 0 Å². The Morgan fingerprint density at radius 1 is 0.784 bits per heavy atom. The first kappa shape index (κ1) is 24.6. The number of hydrogen-bond acceptors (Lipinski definition) is 3. The number of carbonyl (C=O) groups excluding carboxylic acids is 1. The van der Waals surface area contributed by atoms with Crippen LogP contribution in [0.15, 0.2) is 91.0 Å². The lowest BCUT2D eigenvalue weighted by atomic mass is 9.77. The third-order valence-electron chi connectivity index (χ3n) is 6.83. The van der Waals surface area contributed by atoms with Crippen LogP contribution in [0.5, 0.6) is 5.75 Å². The number of nitrogens with zero attached hydrogens (tertiary/aromatic N) is 1. The zero-order valence-electron chi connectivity index (χ0n) is 19.7. The lowest BCUT2D eigenvalue weighted by Gasteiger charge is -2.48. The van der Waals surface area contributed by atoms with Gasteiger partial charge in [0.15, 0.2) is 0 Å². The van der Waals surface area contributed by atoms with Crippen LogP contribution in [0.25, 0.3) is 11.1 Å². The number of rotatable bonds is 7. The van der Waals surface area contributed by atoms with Crippen molar-refractivity contribution in [3.8, 4) is 16.9 Å². The fourth-order valence-corrected chi connectivity index (χ4v) is 4.91. The van der Waals surface area contributed by atoms with E-state index in [0.717, 1.165) is 0 Å². The number of amides is 1. The van der Waals surface area contributed by atoms with Crippen LogP contribution < -0.4 is 4.90 Å². The number of phenolic OH excluding ortho intramolecular Hbond substituents is 1. The number of phenols is 1. The monoisotopic (exact) mass is 503 g/mol. The van der Waals surface area contributed by atoms with E-state index < -0.39 is 35.5 Å². The highest BCUT2D eigenvalue weighted by Gasteiger charge is 2.49. The van der Waals surface area contributed by atoms with E-state index in [2.05, 4.69) is 0 Å². The molecule has 0 radical (unpaired) electrons. The van der Waals surface area contributed by atoms with Crippen LogP contribution in [-0.4, -0.2) is 16.1 Å². The SMILES string of the molecule is O=C1[C@H](CC[C@H](O)c2ccc(F)cc2)[C@@H](c2ccc(-c3cccc(F)c3)cc2O)N1c1ccc(F)cc1. The summed E-state index contributed by atoms with van der Waals surface area (Å²) >= 11 is 0. The Balaban J connectivity index is 1.44. The van der Waals surface area contributed by atoms with E-state index in [4.69, 9.17) is 0 Å². The summed E-state index contributed by atoms with van der Waals surface area (Å²) in [6.07, 6.45) is -0.333. The van der Waals surface area contributed by atoms with E-state index >= 15 is 0 Å². The number of hydrogen-bond donors (Lipinski definition) is 2. The molecule has 1 fully saturated rings. The fourth-order valence-electron chi connectivity index (χ4n) is 4.91. The molecule has 5 rings (SSSR count). The van der Waals surface area contributed by atoms with E-state index in [9.17, 15) is 28.2 Å². The molecule has 0 aromatic heterocycles. The molecule has 7 heteroatoms. The van der Waals surface area contributed by atoms with Crippen LogP contribution >= 0.6 is 0 Å². The molecule has 37 heavy (non-hydrogen) atoms. The Hall–Kier alpha value is -4.10. The molecule has 4 aromatic carbocycles. The molecule has 3 atom stereocenters. The van der Waals surface area contributed by atoms with Gasteiger partial charge in [-0.3, -0.25) is 4.79 Å². The van der Waals surface area contributed by atoms with E-state index in [1.165, 1.54) is 71.6 Å². The van der Waals surface area contributed by atoms with Gasteiger partial charge in [-0.05, 0) is 84.1 Å². The van der Waals surface area contributed by atoms with Gasteiger partial charge in [-0.1, -0.05) is 36.4 Å². The Morgan fingerprint density at radius 2 is 1.43 bits per heavy atom. The standard InChI is InChI=1S/C30H24F3NO3/c31-21-7-4-18(5-8-21)27(35)15-14-26-29(34(30(26)37)24-11-9-22(32)10-12-24)25-13-6-20(17-28(25)36)19-2-1-3-23(33)16-19/h1-13,16-17,26-27,29,35-36H,14-15H2/t26-,27+,29-/m1/s1. The molecule has 1 heterocycles. The molecule has 0 spiro atoms. The van der Waals surface area contributed by atoms with Gasteiger partial charge in [0.1, 0.15) is 23.2 Å². The van der Waals surface area contributed by atoms with Crippen LogP contribution in [0.4, 0.5) is 18.9 Å². The van der Waals surface area contributed by atoms with Crippen LogP contribution in [0.1, 0.15) is 36.1 Å². The number of β-lactam (4-membered cyclic amide) rings is 1. The summed E-state index contributed by atoms with van der Waals surface area (Å²) in [7, 11) is 0. The predicted molar refractivity (Wildman–Crippen MR) is 134 cm³/mol. The molecule has 0 unspecified atom stereocenters. The topological polar surface area (TPSA) is 60.8 Å². The number of benzene rings is 4. The highest BCUT2D eigenvalue weighted by Crippen LogP contribution is 2.49. The van der Waals surface area contributed by atoms with Crippen LogP contribution in [0, 0.1) is 23.4 Å². The number of aliphatic hydroxyl groups excluding tert-OH is 1. The van der Waals surface area contributed by atoms with Gasteiger partial charge in [-0.25, -0.2) is 13.2 Å². The second kappa shape index (κ2) is 10.1. The summed E-state index contributed by atoms with van der Waals surface area (Å²) in [5, 5.41) is 21.6. The first-order chi connectivity index (χ1) is 17.8. The van der Waals surface area contributed by atoms with Crippen molar-refractivity contribution in [2.45, 2.75) is 25.0 Å². The molecule has 0 aliphatic carbocycles. The molecule has 1 amide bonds. The average molecular weight is 504 g/mol. The van der Waals surface area contributed by atoms with Gasteiger partial charge in [0.2, 0.25) is 5.91 Å². The summed E-state index contributed by atoms with van der Waals surface area (Å²) < 4.78 is 40.5. The van der Waals surface area contributed by atoms with Gasteiger partial charge in [0.05, 0.1) is 18.1 Å². The maximum absolute atomic E-state index is 13.7. The number of carbonyl (C=O) groups is 1. The molecule has 1 saturated heterocycles. The smallest absolute Gasteiger partial charge is 0.233 e. The molecule has 1 aliphatic heterocycles. The largest absolute Gasteiger partial charge is 0.508 e. The van der Waals surface area contributed by atoms with Crippen molar-refractivity contribution in [1.82, 2.24) is 0 Å².